The zero-order valence-corrected chi connectivity index (χ0v) is 10.6. The molecule has 0 saturated heterocycles. The quantitative estimate of drug-likeness (QED) is 0.783. The second-order valence-electron chi connectivity index (χ2n) is 4.70. The second kappa shape index (κ2) is 4.05. The Kier molecular flexibility index (Phi) is 2.51. The highest BCUT2D eigenvalue weighted by atomic mass is 16.5. The van der Waals surface area contributed by atoms with E-state index in [1.807, 2.05) is 6.07 Å². The molecule has 0 unspecified atom stereocenters. The number of H-pyrrole nitrogens is 1. The van der Waals surface area contributed by atoms with Crippen molar-refractivity contribution in [3.8, 4) is 0 Å². The van der Waals surface area contributed by atoms with Crippen molar-refractivity contribution in [2.75, 3.05) is 25.6 Å². The van der Waals surface area contributed by atoms with E-state index >= 15 is 0 Å². The average molecular weight is 244 g/mol. The van der Waals surface area contributed by atoms with E-state index in [1.165, 1.54) is 18.5 Å². The monoisotopic (exact) mass is 244 g/mol. The molecular formula is C14H16N2O2. The number of rotatable bonds is 1. The molecule has 18 heavy (non-hydrogen) atoms. The van der Waals surface area contributed by atoms with Crippen molar-refractivity contribution >= 4 is 22.6 Å². The summed E-state index contributed by atoms with van der Waals surface area (Å²) in [6.07, 6.45) is 2.18. The van der Waals surface area contributed by atoms with Crippen LogP contribution in [0.4, 0.5) is 5.69 Å². The van der Waals surface area contributed by atoms with Gasteiger partial charge in [0.15, 0.2) is 0 Å². The van der Waals surface area contributed by atoms with Gasteiger partial charge in [0.05, 0.1) is 23.9 Å². The van der Waals surface area contributed by atoms with Gasteiger partial charge in [-0.2, -0.15) is 0 Å². The molecule has 1 aliphatic heterocycles. The number of anilines is 1. The highest BCUT2D eigenvalue weighted by Crippen LogP contribution is 2.35. The third-order valence-electron chi connectivity index (χ3n) is 3.59. The number of fused-ring (bicyclic) bond motifs is 3. The van der Waals surface area contributed by atoms with Gasteiger partial charge in [0.25, 0.3) is 0 Å². The van der Waals surface area contributed by atoms with Crippen molar-refractivity contribution in [1.82, 2.24) is 4.98 Å². The van der Waals surface area contributed by atoms with Crippen LogP contribution < -0.4 is 4.90 Å². The number of nitrogens with one attached hydrogen (secondary N) is 1. The van der Waals surface area contributed by atoms with Crippen LogP contribution in [0, 0.1) is 0 Å². The van der Waals surface area contributed by atoms with Crippen LogP contribution in [-0.4, -0.2) is 31.7 Å². The maximum absolute atomic E-state index is 11.8. The topological polar surface area (TPSA) is 45.3 Å². The van der Waals surface area contributed by atoms with Crippen molar-refractivity contribution in [1.29, 1.82) is 0 Å². The number of carbonyl (C=O) groups excluding carboxylic acids is 1. The van der Waals surface area contributed by atoms with Crippen LogP contribution in [0.25, 0.3) is 10.9 Å². The highest BCUT2D eigenvalue weighted by Gasteiger charge is 2.22. The predicted molar refractivity (Wildman–Crippen MR) is 71.2 cm³/mol. The first-order valence-corrected chi connectivity index (χ1v) is 6.15. The minimum Gasteiger partial charge on any atom is -0.465 e. The van der Waals surface area contributed by atoms with E-state index in [-0.39, 0.29) is 5.97 Å². The molecule has 2 aromatic rings. The molecule has 0 spiro atoms. The molecule has 1 aromatic heterocycles. The number of benzene rings is 1. The van der Waals surface area contributed by atoms with Gasteiger partial charge in [-0.05, 0) is 18.9 Å². The van der Waals surface area contributed by atoms with Gasteiger partial charge in [0.1, 0.15) is 0 Å². The first kappa shape index (κ1) is 11.1. The van der Waals surface area contributed by atoms with Crippen LogP contribution in [0.5, 0.6) is 0 Å². The summed E-state index contributed by atoms with van der Waals surface area (Å²) in [5.74, 6) is -0.290. The average Bonchev–Trinajstić information content (AvgIpc) is 2.77. The first-order valence-electron chi connectivity index (χ1n) is 6.15. The van der Waals surface area contributed by atoms with Gasteiger partial charge >= 0.3 is 5.97 Å². The number of esters is 1. The van der Waals surface area contributed by atoms with E-state index in [0.29, 0.717) is 5.56 Å². The summed E-state index contributed by atoms with van der Waals surface area (Å²) in [5.41, 5.74) is 3.94. The molecule has 4 heteroatoms. The van der Waals surface area contributed by atoms with Gasteiger partial charge in [-0.1, -0.05) is 12.1 Å². The zero-order valence-electron chi connectivity index (χ0n) is 10.6. The van der Waals surface area contributed by atoms with Gasteiger partial charge in [-0.15, -0.1) is 0 Å². The fourth-order valence-corrected chi connectivity index (χ4v) is 2.76. The molecule has 0 atom stereocenters. The minimum atomic E-state index is -0.290. The second-order valence-corrected chi connectivity index (χ2v) is 4.70. The lowest BCUT2D eigenvalue weighted by Gasteiger charge is -2.24. The highest BCUT2D eigenvalue weighted by molar-refractivity contribution is 6.07. The zero-order chi connectivity index (χ0) is 12.7. The van der Waals surface area contributed by atoms with Crippen LogP contribution in [0.2, 0.25) is 0 Å². The minimum absolute atomic E-state index is 0.290. The molecule has 1 aliphatic rings. The standard InChI is InChI=1S/C14H16N2O2/c1-16-8-4-7-11-13(16)9-5-3-6-10(12(9)15-11)14(17)18-2/h3,5-6,15H,4,7-8H2,1-2H3. The Bertz CT molecular complexity index is 616. The van der Waals surface area contributed by atoms with E-state index in [2.05, 4.69) is 23.0 Å². The number of para-hydroxylation sites is 1. The summed E-state index contributed by atoms with van der Waals surface area (Å²) < 4.78 is 4.83. The van der Waals surface area contributed by atoms with E-state index in [1.54, 1.807) is 6.07 Å². The number of methoxy groups -OCH3 is 1. The summed E-state index contributed by atoms with van der Waals surface area (Å²) >= 11 is 0. The van der Waals surface area contributed by atoms with E-state index < -0.39 is 0 Å². The van der Waals surface area contributed by atoms with Gasteiger partial charge in [-0.25, -0.2) is 4.79 Å². The summed E-state index contributed by atoms with van der Waals surface area (Å²) in [6, 6.07) is 5.76. The normalized spacial score (nSPS) is 14.7. The molecule has 0 radical (unpaired) electrons. The van der Waals surface area contributed by atoms with Crippen molar-refractivity contribution in [3.05, 3.63) is 29.5 Å². The SMILES string of the molecule is COC(=O)c1cccc2c3c([nH]c12)CCCN3C. The molecule has 4 nitrogen and oxygen atoms in total. The van der Waals surface area contributed by atoms with Gasteiger partial charge < -0.3 is 14.6 Å². The lowest BCUT2D eigenvalue weighted by molar-refractivity contribution is 0.0603. The number of hydrogen-bond acceptors (Lipinski definition) is 3. The summed E-state index contributed by atoms with van der Waals surface area (Å²) in [4.78, 5) is 17.4. The Labute approximate surface area is 106 Å². The van der Waals surface area contributed by atoms with Crippen LogP contribution in [-0.2, 0) is 11.2 Å². The van der Waals surface area contributed by atoms with Crippen LogP contribution in [0.1, 0.15) is 22.5 Å². The molecule has 0 bridgehead atoms. The Hall–Kier alpha value is -1.97. The van der Waals surface area contributed by atoms with Gasteiger partial charge in [0.2, 0.25) is 0 Å². The van der Waals surface area contributed by atoms with Crippen molar-refractivity contribution in [2.24, 2.45) is 0 Å². The fourth-order valence-electron chi connectivity index (χ4n) is 2.76. The Morgan fingerprint density at radius 2 is 2.28 bits per heavy atom. The number of aromatic amines is 1. The van der Waals surface area contributed by atoms with Gasteiger partial charge in [-0.3, -0.25) is 0 Å². The molecule has 0 aliphatic carbocycles. The molecule has 1 N–H and O–H groups in total. The maximum Gasteiger partial charge on any atom is 0.339 e. The molecule has 0 amide bonds. The van der Waals surface area contributed by atoms with E-state index in [9.17, 15) is 4.79 Å². The van der Waals surface area contributed by atoms with Crippen molar-refractivity contribution < 1.29 is 9.53 Å². The van der Waals surface area contributed by atoms with Gasteiger partial charge in [0, 0.05) is 24.7 Å². The predicted octanol–water partition coefficient (Wildman–Crippen LogP) is 2.34. The van der Waals surface area contributed by atoms with Crippen molar-refractivity contribution in [2.45, 2.75) is 12.8 Å². The third kappa shape index (κ3) is 1.49. The number of aromatic nitrogens is 1. The molecule has 3 rings (SSSR count). The molecule has 0 saturated carbocycles. The Morgan fingerprint density at radius 1 is 1.44 bits per heavy atom. The molecule has 0 fully saturated rings. The largest absolute Gasteiger partial charge is 0.465 e. The smallest absolute Gasteiger partial charge is 0.339 e. The molecule has 1 aromatic carbocycles. The lowest BCUT2D eigenvalue weighted by atomic mass is 10.1. The molecule has 2 heterocycles. The molecular weight excluding hydrogens is 228 g/mol. The number of nitrogens with zero attached hydrogens (tertiary/aromatic N) is 1. The van der Waals surface area contributed by atoms with Crippen LogP contribution in [0.3, 0.4) is 0 Å². The maximum atomic E-state index is 11.8. The lowest BCUT2D eigenvalue weighted by Crippen LogP contribution is -2.23. The number of carbonyl (C=O) groups is 1. The number of ether oxygens (including phenoxy) is 1. The number of aryl methyl sites for hydroxylation is 1. The van der Waals surface area contributed by atoms with Crippen LogP contribution >= 0.6 is 0 Å². The summed E-state index contributed by atoms with van der Waals surface area (Å²) in [5, 5.41) is 1.11. The van der Waals surface area contributed by atoms with Crippen molar-refractivity contribution in [3.63, 3.8) is 0 Å². The fraction of sp³-hybridized carbons (Fsp3) is 0.357. The number of hydrogen-bond donors (Lipinski definition) is 1. The van der Waals surface area contributed by atoms with E-state index in [0.717, 1.165) is 30.3 Å². The first-order chi connectivity index (χ1) is 8.72. The third-order valence-corrected chi connectivity index (χ3v) is 3.59. The van der Waals surface area contributed by atoms with Crippen LogP contribution in [0.15, 0.2) is 18.2 Å². The van der Waals surface area contributed by atoms with E-state index in [4.69, 9.17) is 4.74 Å². The Balaban J connectivity index is 2.28. The Morgan fingerprint density at radius 3 is 3.06 bits per heavy atom. The molecule has 94 valence electrons. The summed E-state index contributed by atoms with van der Waals surface area (Å²) in [6.45, 7) is 1.06. The summed E-state index contributed by atoms with van der Waals surface area (Å²) in [7, 11) is 3.51.